The van der Waals surface area contributed by atoms with E-state index in [0.717, 1.165) is 5.56 Å². The molecule has 3 atom stereocenters. The average molecular weight is 548 g/mol. The van der Waals surface area contributed by atoms with Crippen LogP contribution in [0, 0.1) is 24.6 Å². The largest absolute Gasteiger partial charge is 0.474 e. The van der Waals surface area contributed by atoms with E-state index < -0.39 is 11.4 Å². The molecule has 39 heavy (non-hydrogen) atoms. The number of halogens is 2. The number of amides is 1. The Morgan fingerprint density at radius 3 is 2.54 bits per heavy atom. The van der Waals surface area contributed by atoms with E-state index in [0.29, 0.717) is 47.4 Å². The minimum atomic E-state index is -0.643. The van der Waals surface area contributed by atoms with Crippen molar-refractivity contribution in [3.63, 3.8) is 0 Å². The van der Waals surface area contributed by atoms with E-state index in [1.807, 2.05) is 30.9 Å². The lowest BCUT2D eigenvalue weighted by atomic mass is 9.95. The summed E-state index contributed by atoms with van der Waals surface area (Å²) in [6, 6.07) is 9.92. The van der Waals surface area contributed by atoms with E-state index in [4.69, 9.17) is 22.1 Å². The van der Waals surface area contributed by atoms with Gasteiger partial charge in [0.2, 0.25) is 11.8 Å². The second-order valence-corrected chi connectivity index (χ2v) is 11.1. The molecule has 0 radical (unpaired) electrons. The molecule has 1 saturated carbocycles. The molecule has 200 valence electrons. The Kier molecular flexibility index (Phi) is 6.11. The van der Waals surface area contributed by atoms with Crippen LogP contribution in [-0.2, 0) is 5.54 Å². The molecule has 6 rings (SSSR count). The maximum Gasteiger partial charge on any atom is 0.257 e. The van der Waals surface area contributed by atoms with Crippen molar-refractivity contribution in [2.75, 3.05) is 13.1 Å². The summed E-state index contributed by atoms with van der Waals surface area (Å²) in [6.07, 6.45) is 4.89. The van der Waals surface area contributed by atoms with E-state index in [9.17, 15) is 9.18 Å². The SMILES string of the molecule is Cc1nn(-c2ncccn2)cc1C(=O)N1C[C@@H]2[C@H](C1)[C@@H]2Oc1cc(C(C)(C)N)cc(-c2ccc(F)c(Cl)c2)n1. The zero-order valence-electron chi connectivity index (χ0n) is 21.7. The third-order valence-electron chi connectivity index (χ3n) is 7.31. The fourth-order valence-electron chi connectivity index (χ4n) is 5.05. The van der Waals surface area contributed by atoms with Gasteiger partial charge in [0.15, 0.2) is 0 Å². The summed E-state index contributed by atoms with van der Waals surface area (Å²) < 4.78 is 21.6. The van der Waals surface area contributed by atoms with Gasteiger partial charge in [0.05, 0.1) is 22.0 Å². The summed E-state index contributed by atoms with van der Waals surface area (Å²) >= 11 is 6.02. The molecular weight excluding hydrogens is 521 g/mol. The van der Waals surface area contributed by atoms with Gasteiger partial charge in [0, 0.05) is 60.7 Å². The summed E-state index contributed by atoms with van der Waals surface area (Å²) in [6.45, 7) is 6.78. The molecule has 3 aromatic heterocycles. The number of ether oxygens (including phenoxy) is 1. The summed E-state index contributed by atoms with van der Waals surface area (Å²) in [7, 11) is 0. The number of likely N-dealkylation sites (tertiary alicyclic amines) is 1. The summed E-state index contributed by atoms with van der Waals surface area (Å²) in [5.41, 5.74) is 9.01. The van der Waals surface area contributed by atoms with Crippen LogP contribution in [0.3, 0.4) is 0 Å². The zero-order chi connectivity index (χ0) is 27.5. The number of nitrogens with zero attached hydrogens (tertiary/aromatic N) is 6. The van der Waals surface area contributed by atoms with Crippen LogP contribution in [0.25, 0.3) is 17.2 Å². The van der Waals surface area contributed by atoms with E-state index in [1.54, 1.807) is 43.7 Å². The maximum absolute atomic E-state index is 13.7. The molecule has 4 heterocycles. The third kappa shape index (κ3) is 4.86. The van der Waals surface area contributed by atoms with Crippen LogP contribution in [0.1, 0.15) is 35.5 Å². The van der Waals surface area contributed by atoms with Crippen molar-refractivity contribution in [1.29, 1.82) is 0 Å². The molecule has 1 aliphatic heterocycles. The highest BCUT2D eigenvalue weighted by Crippen LogP contribution is 2.48. The summed E-state index contributed by atoms with van der Waals surface area (Å²) in [5, 5.41) is 4.44. The Morgan fingerprint density at radius 1 is 1.15 bits per heavy atom. The quantitative estimate of drug-likeness (QED) is 0.385. The second kappa shape index (κ2) is 9.39. The van der Waals surface area contributed by atoms with Crippen LogP contribution in [0.5, 0.6) is 5.88 Å². The molecule has 1 aliphatic carbocycles. The number of hydrogen-bond acceptors (Lipinski definition) is 7. The number of hydrogen-bond donors (Lipinski definition) is 1. The number of nitrogens with two attached hydrogens (primary N) is 1. The maximum atomic E-state index is 13.7. The van der Waals surface area contributed by atoms with E-state index in [2.05, 4.69) is 20.1 Å². The van der Waals surface area contributed by atoms with Gasteiger partial charge in [-0.3, -0.25) is 4.79 Å². The van der Waals surface area contributed by atoms with E-state index in [1.165, 1.54) is 10.7 Å². The first-order valence-electron chi connectivity index (χ1n) is 12.6. The van der Waals surface area contributed by atoms with Gasteiger partial charge in [-0.25, -0.2) is 24.0 Å². The topological polar surface area (TPSA) is 112 Å². The van der Waals surface area contributed by atoms with Crippen molar-refractivity contribution in [2.45, 2.75) is 32.4 Å². The van der Waals surface area contributed by atoms with Crippen molar-refractivity contribution < 1.29 is 13.9 Å². The van der Waals surface area contributed by atoms with Crippen LogP contribution in [-0.4, -0.2) is 54.7 Å². The summed E-state index contributed by atoms with van der Waals surface area (Å²) in [4.78, 5) is 28.2. The highest BCUT2D eigenvalue weighted by molar-refractivity contribution is 6.31. The van der Waals surface area contributed by atoms with Crippen molar-refractivity contribution in [3.05, 3.63) is 82.6 Å². The molecule has 11 heteroatoms. The summed E-state index contributed by atoms with van der Waals surface area (Å²) in [5.74, 6) is 0.714. The van der Waals surface area contributed by atoms with Crippen LogP contribution < -0.4 is 10.5 Å². The molecule has 4 aromatic rings. The molecule has 2 N–H and O–H groups in total. The number of carbonyl (C=O) groups excluding carboxylic acids is 1. The molecule has 0 bridgehead atoms. The Hall–Kier alpha value is -3.89. The van der Waals surface area contributed by atoms with Crippen LogP contribution in [0.15, 0.2) is 55.0 Å². The van der Waals surface area contributed by atoms with Crippen molar-refractivity contribution in [3.8, 4) is 23.1 Å². The van der Waals surface area contributed by atoms with Crippen LogP contribution in [0.2, 0.25) is 5.02 Å². The molecule has 0 spiro atoms. The molecule has 1 amide bonds. The highest BCUT2D eigenvalue weighted by Gasteiger charge is 2.59. The number of rotatable bonds is 6. The first-order valence-corrected chi connectivity index (χ1v) is 13.0. The smallest absolute Gasteiger partial charge is 0.257 e. The first kappa shape index (κ1) is 25.4. The van der Waals surface area contributed by atoms with Crippen LogP contribution >= 0.6 is 11.6 Å². The number of aromatic nitrogens is 5. The number of fused-ring (bicyclic) bond motifs is 1. The van der Waals surface area contributed by atoms with Gasteiger partial charge >= 0.3 is 0 Å². The van der Waals surface area contributed by atoms with E-state index in [-0.39, 0.29) is 28.9 Å². The van der Waals surface area contributed by atoms with Gasteiger partial charge in [-0.2, -0.15) is 5.10 Å². The number of aryl methyl sites for hydroxylation is 1. The van der Waals surface area contributed by atoms with Gasteiger partial charge in [-0.1, -0.05) is 11.6 Å². The second-order valence-electron chi connectivity index (χ2n) is 10.7. The Balaban J connectivity index is 1.17. The molecule has 0 unspecified atom stereocenters. The Morgan fingerprint density at radius 2 is 1.87 bits per heavy atom. The monoisotopic (exact) mass is 547 g/mol. The predicted molar refractivity (Wildman–Crippen MR) is 143 cm³/mol. The minimum Gasteiger partial charge on any atom is -0.474 e. The Bertz CT molecular complexity index is 1560. The van der Waals surface area contributed by atoms with Crippen molar-refractivity contribution >= 4 is 17.5 Å². The normalized spacial score (nSPS) is 20.2. The van der Waals surface area contributed by atoms with Crippen molar-refractivity contribution in [1.82, 2.24) is 29.6 Å². The molecule has 2 fully saturated rings. The number of pyridine rings is 1. The lowest BCUT2D eigenvalue weighted by Gasteiger charge is -2.22. The number of carbonyl (C=O) groups is 1. The molecule has 1 aromatic carbocycles. The van der Waals surface area contributed by atoms with Gasteiger partial charge in [-0.15, -0.1) is 0 Å². The fraction of sp³-hybridized carbons (Fsp3) is 0.321. The van der Waals surface area contributed by atoms with Crippen molar-refractivity contribution in [2.24, 2.45) is 17.6 Å². The highest BCUT2D eigenvalue weighted by atomic mass is 35.5. The third-order valence-corrected chi connectivity index (χ3v) is 7.60. The molecule has 1 saturated heterocycles. The van der Waals surface area contributed by atoms with Gasteiger partial charge in [0.1, 0.15) is 11.9 Å². The first-order chi connectivity index (χ1) is 18.6. The molecule has 2 aliphatic rings. The standard InChI is InChI=1S/C28H27ClFN7O2/c1-15-18(14-37(35-15)27-32-7-4-8-33-27)26(38)36-12-19-20(13-36)25(19)39-24-11-17(28(2,3)31)10-23(34-24)16-5-6-22(30)21(29)9-16/h4-11,14,19-20,25H,12-13,31H2,1-3H3/t19-,20+,25-. The lowest BCUT2D eigenvalue weighted by Crippen LogP contribution is -2.33. The van der Waals surface area contributed by atoms with Gasteiger partial charge < -0.3 is 15.4 Å². The zero-order valence-corrected chi connectivity index (χ0v) is 22.4. The minimum absolute atomic E-state index is 0.0211. The number of benzene rings is 1. The Labute approximate surface area is 229 Å². The van der Waals surface area contributed by atoms with Gasteiger partial charge in [-0.05, 0) is 56.7 Å². The predicted octanol–water partition coefficient (Wildman–Crippen LogP) is 4.17. The van der Waals surface area contributed by atoms with E-state index >= 15 is 0 Å². The number of piperidine rings is 1. The fourth-order valence-corrected chi connectivity index (χ4v) is 5.23. The average Bonchev–Trinajstić information content (AvgIpc) is 3.22. The molecular formula is C28H27ClFN7O2. The molecule has 9 nitrogen and oxygen atoms in total. The lowest BCUT2D eigenvalue weighted by molar-refractivity contribution is 0.0751. The van der Waals surface area contributed by atoms with Crippen LogP contribution in [0.4, 0.5) is 4.39 Å². The van der Waals surface area contributed by atoms with Gasteiger partial charge in [0.25, 0.3) is 5.91 Å².